The third-order valence-corrected chi connectivity index (χ3v) is 9.47. The minimum absolute atomic E-state index is 0. The van der Waals surface area contributed by atoms with E-state index in [0.29, 0.717) is 71.8 Å². The fraction of sp³-hybridized carbons (Fsp3) is 0.429. The van der Waals surface area contributed by atoms with E-state index in [-0.39, 0.29) is 161 Å². The Bertz CT molecular complexity index is 1790. The first-order valence-corrected chi connectivity index (χ1v) is 19.9. The van der Waals surface area contributed by atoms with E-state index in [1.165, 1.54) is 9.80 Å². The Morgan fingerprint density at radius 1 is 0.532 bits per heavy atom. The fourth-order valence-corrected chi connectivity index (χ4v) is 6.06. The van der Waals surface area contributed by atoms with Crippen molar-refractivity contribution in [3.63, 3.8) is 0 Å². The summed E-state index contributed by atoms with van der Waals surface area (Å²) in [6.07, 6.45) is 0.653. The summed E-state index contributed by atoms with van der Waals surface area (Å²) in [7, 11) is 0. The van der Waals surface area contributed by atoms with E-state index in [2.05, 4.69) is 0 Å². The van der Waals surface area contributed by atoms with Crippen LogP contribution in [-0.2, 0) is 28.4 Å². The number of aliphatic hydroxyl groups excluding tert-OH is 1. The third-order valence-electron chi connectivity index (χ3n) is 9.13. The van der Waals surface area contributed by atoms with Crippen LogP contribution in [0.3, 0.4) is 0 Å². The summed E-state index contributed by atoms with van der Waals surface area (Å²) in [6, 6.07) is 20.3. The molecular weight excluding hydrogens is 852 g/mol. The predicted molar refractivity (Wildman–Crippen MR) is 212 cm³/mol. The first-order chi connectivity index (χ1) is 29.2. The van der Waals surface area contributed by atoms with Crippen LogP contribution >= 0.6 is 11.6 Å². The van der Waals surface area contributed by atoms with Gasteiger partial charge in [-0.2, -0.15) is 0 Å². The van der Waals surface area contributed by atoms with Crippen molar-refractivity contribution in [3.8, 4) is 0 Å². The number of hydrogen-bond donors (Lipinski definition) is 1. The van der Waals surface area contributed by atoms with Crippen LogP contribution in [0.2, 0.25) is 0 Å². The molecule has 3 aromatic carbocycles. The molecule has 2 fully saturated rings. The minimum atomic E-state index is -0.317. The van der Waals surface area contributed by atoms with Gasteiger partial charge in [-0.1, -0.05) is 36.4 Å². The second-order valence-corrected chi connectivity index (χ2v) is 13.6. The van der Waals surface area contributed by atoms with Gasteiger partial charge in [0.2, 0.25) is 0 Å². The average Bonchev–Trinajstić information content (AvgIpc) is 4.22. The van der Waals surface area contributed by atoms with Gasteiger partial charge in [0.25, 0.3) is 35.4 Å². The molecule has 6 amide bonds. The molecule has 0 spiro atoms. The van der Waals surface area contributed by atoms with Gasteiger partial charge in [-0.15, -0.1) is 18.2 Å². The fourth-order valence-electron chi connectivity index (χ4n) is 5.88. The maximum atomic E-state index is 12.1. The Morgan fingerprint density at radius 2 is 0.839 bits per heavy atom. The number of epoxide rings is 2. The molecule has 17 nitrogen and oxygen atoms in total. The van der Waals surface area contributed by atoms with Crippen molar-refractivity contribution in [2.24, 2.45) is 0 Å². The van der Waals surface area contributed by atoms with Crippen molar-refractivity contribution in [1.29, 1.82) is 0 Å². The monoisotopic (exact) mass is 899 g/mol. The van der Waals surface area contributed by atoms with Gasteiger partial charge in [0.15, 0.2) is 0 Å². The molecule has 2 unspecified atom stereocenters. The molecule has 2 atom stereocenters. The van der Waals surface area contributed by atoms with Crippen molar-refractivity contribution in [2.75, 3.05) is 105 Å². The summed E-state index contributed by atoms with van der Waals surface area (Å²) in [4.78, 5) is 75.1. The molecular formula is C42H48ClN3Na2O14. The van der Waals surface area contributed by atoms with E-state index in [9.17, 15) is 33.9 Å². The summed E-state index contributed by atoms with van der Waals surface area (Å²) in [5, 5.41) is 18.7. The zero-order valence-corrected chi connectivity index (χ0v) is 39.6. The number of carbonyl (C=O) groups is 6. The van der Waals surface area contributed by atoms with E-state index in [4.69, 9.17) is 45.1 Å². The van der Waals surface area contributed by atoms with Crippen LogP contribution in [-0.4, -0.2) is 172 Å². The largest absolute Gasteiger partial charge is 1.00 e. The molecule has 0 saturated carbocycles. The summed E-state index contributed by atoms with van der Waals surface area (Å²) in [5.74, 6) is -0.980. The third kappa shape index (κ3) is 15.4. The number of carbonyl (C=O) groups excluding carboxylic acids is 6. The maximum Gasteiger partial charge on any atom is 1.00 e. The maximum absolute atomic E-state index is 12.1. The molecule has 1 N–H and O–H groups in total. The second-order valence-electron chi connectivity index (χ2n) is 13.3. The number of alkyl halides is 1. The van der Waals surface area contributed by atoms with Crippen molar-refractivity contribution in [3.05, 3.63) is 106 Å². The Balaban J connectivity index is 0.000000302. The summed E-state index contributed by atoms with van der Waals surface area (Å²) in [5.41, 5.74) is 2.69. The average molecular weight is 900 g/mol. The Kier molecular flexibility index (Phi) is 24.2. The molecule has 5 aliphatic heterocycles. The van der Waals surface area contributed by atoms with Crippen LogP contribution in [0.25, 0.3) is 0 Å². The zero-order chi connectivity index (χ0) is 42.9. The summed E-state index contributed by atoms with van der Waals surface area (Å²) < 4.78 is 30.5. The summed E-state index contributed by atoms with van der Waals surface area (Å²) >= 11 is 5.27. The van der Waals surface area contributed by atoms with Gasteiger partial charge in [0, 0.05) is 6.61 Å². The number of imide groups is 3. The minimum Gasteiger partial charge on any atom is -1.00 e. The quantitative estimate of drug-likeness (QED) is 0.0394. The van der Waals surface area contributed by atoms with E-state index in [0.717, 1.165) is 18.1 Å². The molecule has 8 rings (SSSR count). The molecule has 0 radical (unpaired) electrons. The number of rotatable bonds is 19. The number of amides is 6. The molecule has 0 aromatic heterocycles. The molecule has 324 valence electrons. The summed E-state index contributed by atoms with van der Waals surface area (Å²) in [6.45, 7) is 4.53. The number of benzene rings is 3. The van der Waals surface area contributed by atoms with Crippen molar-refractivity contribution >= 4 is 47.0 Å². The molecule has 0 bridgehead atoms. The molecule has 20 heteroatoms. The first-order valence-electron chi connectivity index (χ1n) is 19.4. The first kappa shape index (κ1) is 53.4. The molecule has 2 saturated heterocycles. The van der Waals surface area contributed by atoms with E-state index < -0.39 is 0 Å². The second kappa shape index (κ2) is 28.1. The smallest absolute Gasteiger partial charge is 1.00 e. The van der Waals surface area contributed by atoms with Crippen LogP contribution in [0.4, 0.5) is 0 Å². The van der Waals surface area contributed by atoms with Crippen molar-refractivity contribution in [2.45, 2.75) is 12.2 Å². The Morgan fingerprint density at radius 3 is 1.11 bits per heavy atom. The SMILES string of the molecule is ClCC1CO1.O=C1c2ccccc2C(=O)N1CCOCCO.O=C1c2ccccc2C(=O)N1CCOCCOCC1CO1.O=C1c2ccccc2C(=O)N1CCOCC[O-].[H-].[Na+].[Na+]. The predicted octanol–water partition coefficient (Wildman–Crippen LogP) is -4.59. The van der Waals surface area contributed by atoms with Crippen LogP contribution in [0.5, 0.6) is 0 Å². The van der Waals surface area contributed by atoms with Gasteiger partial charge in [-0.25, -0.2) is 0 Å². The molecule has 5 aliphatic rings. The zero-order valence-electron chi connectivity index (χ0n) is 35.9. The van der Waals surface area contributed by atoms with Crippen LogP contribution in [0, 0.1) is 0 Å². The van der Waals surface area contributed by atoms with Crippen LogP contribution in [0.1, 0.15) is 63.6 Å². The topological polar surface area (TPSA) is 217 Å². The van der Waals surface area contributed by atoms with E-state index in [1.807, 2.05) is 0 Å². The molecule has 62 heavy (non-hydrogen) atoms. The van der Waals surface area contributed by atoms with E-state index >= 15 is 0 Å². The molecule has 3 aromatic rings. The molecule has 0 aliphatic carbocycles. The van der Waals surface area contributed by atoms with Crippen molar-refractivity contribution < 1.29 is 128 Å². The van der Waals surface area contributed by atoms with Crippen LogP contribution < -0.4 is 64.2 Å². The van der Waals surface area contributed by atoms with Gasteiger partial charge < -0.3 is 40.1 Å². The Labute approximate surface area is 409 Å². The number of ether oxygens (including phenoxy) is 6. The normalized spacial score (nSPS) is 17.4. The number of fused-ring (bicyclic) bond motifs is 3. The Hall–Kier alpha value is -2.95. The number of nitrogens with zero attached hydrogens (tertiary/aromatic N) is 3. The van der Waals surface area contributed by atoms with Crippen molar-refractivity contribution in [1.82, 2.24) is 14.7 Å². The molecule has 5 heterocycles. The van der Waals surface area contributed by atoms with E-state index in [1.54, 1.807) is 72.8 Å². The van der Waals surface area contributed by atoms with Crippen LogP contribution in [0.15, 0.2) is 72.8 Å². The standard InChI is InChI=1S/C15H17NO5.C12H13NO4.C12H12NO4.C3H5ClO.2Na.H/c17-14-12-3-1-2-4-13(12)15(18)16(14)5-6-19-7-8-20-9-11-10-21-11;2*14-6-8-17-7-5-13-11(15)9-3-1-2-4-10(9)12(13)16;4-1-3-2-5-3;;;/h1-4,11H,5-10H2;1-4,14H,5-8H2;1-4H,5-8H2;3H,1-2H2;;;/q;;-1;;2*+1;-1. The number of aliphatic hydroxyl groups is 1. The van der Waals surface area contributed by atoms with Gasteiger partial charge in [0.1, 0.15) is 6.10 Å². The van der Waals surface area contributed by atoms with Gasteiger partial charge in [0.05, 0.1) is 131 Å². The van der Waals surface area contributed by atoms with Gasteiger partial charge in [-0.3, -0.25) is 43.5 Å². The number of halogens is 1. The number of hydrogen-bond acceptors (Lipinski definition) is 14. The van der Waals surface area contributed by atoms with Gasteiger partial charge in [-0.05, 0) is 36.4 Å². The van der Waals surface area contributed by atoms with Gasteiger partial charge >= 0.3 is 59.1 Å².